The summed E-state index contributed by atoms with van der Waals surface area (Å²) >= 11 is 0. The normalized spacial score (nSPS) is 29.1. The Balaban J connectivity index is 2.07. The first kappa shape index (κ1) is 8.02. The molecule has 1 aliphatic rings. The van der Waals surface area contributed by atoms with Crippen molar-refractivity contribution in [3.63, 3.8) is 0 Å². The molecule has 2 heteroatoms. The van der Waals surface area contributed by atoms with Gasteiger partial charge in [-0.15, -0.1) is 0 Å². The molecule has 0 spiro atoms. The lowest BCUT2D eigenvalue weighted by atomic mass is 10.1. The molecular weight excluding hydrogens is 128 g/mol. The third kappa shape index (κ3) is 1.96. The second-order valence-electron chi connectivity index (χ2n) is 3.59. The van der Waals surface area contributed by atoms with E-state index < -0.39 is 0 Å². The zero-order valence-electron chi connectivity index (χ0n) is 7.18. The maximum Gasteiger partial charge on any atom is 0.110 e. The summed E-state index contributed by atoms with van der Waals surface area (Å²) in [5.41, 5.74) is 0.0783. The highest BCUT2D eigenvalue weighted by Crippen LogP contribution is 2.35. The standard InChI is InChI=1S/C8H16O2/c1-6(2)9-5-7-8(3,4)10-7/h6-7H,5H2,1-4H3. The van der Waals surface area contributed by atoms with Crippen LogP contribution in [-0.4, -0.2) is 24.4 Å². The Kier molecular flexibility index (Phi) is 2.02. The minimum Gasteiger partial charge on any atom is -0.376 e. The van der Waals surface area contributed by atoms with Crippen molar-refractivity contribution < 1.29 is 9.47 Å². The van der Waals surface area contributed by atoms with Gasteiger partial charge in [0.2, 0.25) is 0 Å². The smallest absolute Gasteiger partial charge is 0.110 e. The van der Waals surface area contributed by atoms with Crippen LogP contribution in [0.1, 0.15) is 27.7 Å². The SMILES string of the molecule is CC(C)OCC1OC1(C)C. The third-order valence-electron chi connectivity index (χ3n) is 1.75. The molecule has 1 rings (SSSR count). The van der Waals surface area contributed by atoms with Crippen molar-refractivity contribution >= 4 is 0 Å². The molecule has 1 saturated heterocycles. The van der Waals surface area contributed by atoms with Crippen molar-refractivity contribution in [2.75, 3.05) is 6.61 Å². The number of ether oxygens (including phenoxy) is 2. The van der Waals surface area contributed by atoms with Crippen molar-refractivity contribution in [3.05, 3.63) is 0 Å². The van der Waals surface area contributed by atoms with Crippen LogP contribution in [0.2, 0.25) is 0 Å². The molecule has 0 aliphatic carbocycles. The Bertz CT molecular complexity index is 118. The van der Waals surface area contributed by atoms with Gasteiger partial charge in [-0.25, -0.2) is 0 Å². The average Bonchev–Trinajstić information content (AvgIpc) is 2.35. The molecule has 0 aromatic rings. The summed E-state index contributed by atoms with van der Waals surface area (Å²) in [4.78, 5) is 0. The third-order valence-corrected chi connectivity index (χ3v) is 1.75. The minimum atomic E-state index is 0.0783. The number of epoxide rings is 1. The van der Waals surface area contributed by atoms with Gasteiger partial charge in [0.05, 0.1) is 18.3 Å². The number of hydrogen-bond donors (Lipinski definition) is 0. The predicted octanol–water partition coefficient (Wildman–Crippen LogP) is 1.59. The Morgan fingerprint density at radius 2 is 2.00 bits per heavy atom. The minimum absolute atomic E-state index is 0.0783. The first-order valence-corrected chi connectivity index (χ1v) is 3.82. The topological polar surface area (TPSA) is 21.8 Å². The van der Waals surface area contributed by atoms with Gasteiger partial charge in [0.25, 0.3) is 0 Å². The summed E-state index contributed by atoms with van der Waals surface area (Å²) in [7, 11) is 0. The van der Waals surface area contributed by atoms with Crippen LogP contribution in [0.5, 0.6) is 0 Å². The first-order chi connectivity index (χ1) is 4.52. The second kappa shape index (κ2) is 2.51. The molecule has 10 heavy (non-hydrogen) atoms. The maximum absolute atomic E-state index is 5.38. The highest BCUT2D eigenvalue weighted by Gasteiger charge is 2.47. The van der Waals surface area contributed by atoms with Gasteiger partial charge in [-0.05, 0) is 27.7 Å². The molecule has 1 unspecified atom stereocenters. The lowest BCUT2D eigenvalue weighted by molar-refractivity contribution is 0.0662. The van der Waals surface area contributed by atoms with Crippen molar-refractivity contribution in [1.29, 1.82) is 0 Å². The van der Waals surface area contributed by atoms with Gasteiger partial charge in [0.1, 0.15) is 6.10 Å². The fourth-order valence-electron chi connectivity index (χ4n) is 0.847. The molecule has 2 nitrogen and oxygen atoms in total. The molecule has 0 N–H and O–H groups in total. The zero-order chi connectivity index (χ0) is 7.78. The van der Waals surface area contributed by atoms with E-state index in [1.54, 1.807) is 0 Å². The Morgan fingerprint density at radius 3 is 2.30 bits per heavy atom. The van der Waals surface area contributed by atoms with Gasteiger partial charge >= 0.3 is 0 Å². The number of hydrogen-bond acceptors (Lipinski definition) is 2. The van der Waals surface area contributed by atoms with E-state index in [1.807, 2.05) is 13.8 Å². The average molecular weight is 144 g/mol. The molecule has 0 radical (unpaired) electrons. The van der Waals surface area contributed by atoms with Crippen molar-refractivity contribution in [3.8, 4) is 0 Å². The van der Waals surface area contributed by atoms with Crippen molar-refractivity contribution in [1.82, 2.24) is 0 Å². The number of rotatable bonds is 3. The van der Waals surface area contributed by atoms with E-state index in [1.165, 1.54) is 0 Å². The Hall–Kier alpha value is -0.0800. The summed E-state index contributed by atoms with van der Waals surface area (Å²) in [6.45, 7) is 8.98. The van der Waals surface area contributed by atoms with Crippen LogP contribution in [-0.2, 0) is 9.47 Å². The van der Waals surface area contributed by atoms with Crippen LogP contribution < -0.4 is 0 Å². The van der Waals surface area contributed by atoms with Crippen LogP contribution in [0.3, 0.4) is 0 Å². The van der Waals surface area contributed by atoms with E-state index in [9.17, 15) is 0 Å². The molecule has 1 atom stereocenters. The Labute approximate surface area is 62.5 Å². The summed E-state index contributed by atoms with van der Waals surface area (Å²) in [6, 6.07) is 0. The van der Waals surface area contributed by atoms with Crippen molar-refractivity contribution in [2.45, 2.75) is 45.5 Å². The van der Waals surface area contributed by atoms with E-state index in [4.69, 9.17) is 9.47 Å². The van der Waals surface area contributed by atoms with Crippen LogP contribution in [0, 0.1) is 0 Å². The van der Waals surface area contributed by atoms with E-state index in [-0.39, 0.29) is 5.60 Å². The largest absolute Gasteiger partial charge is 0.376 e. The van der Waals surface area contributed by atoms with E-state index in [0.29, 0.717) is 12.2 Å². The molecule has 0 aromatic carbocycles. The molecular formula is C8H16O2. The molecule has 0 bridgehead atoms. The van der Waals surface area contributed by atoms with Gasteiger partial charge in [-0.2, -0.15) is 0 Å². The Morgan fingerprint density at radius 1 is 1.50 bits per heavy atom. The lowest BCUT2D eigenvalue weighted by Gasteiger charge is -2.04. The lowest BCUT2D eigenvalue weighted by Crippen LogP contribution is -2.13. The highest BCUT2D eigenvalue weighted by atomic mass is 16.6. The summed E-state index contributed by atoms with van der Waals surface area (Å²) in [6.07, 6.45) is 0.648. The quantitative estimate of drug-likeness (QED) is 0.561. The van der Waals surface area contributed by atoms with E-state index >= 15 is 0 Å². The van der Waals surface area contributed by atoms with Gasteiger partial charge in [0, 0.05) is 0 Å². The molecule has 0 aromatic heterocycles. The van der Waals surface area contributed by atoms with Gasteiger partial charge in [0.15, 0.2) is 0 Å². The summed E-state index contributed by atoms with van der Waals surface area (Å²) in [5, 5.41) is 0. The molecule has 1 heterocycles. The predicted molar refractivity (Wildman–Crippen MR) is 40.0 cm³/mol. The zero-order valence-corrected chi connectivity index (χ0v) is 7.18. The van der Waals surface area contributed by atoms with Gasteiger partial charge < -0.3 is 9.47 Å². The second-order valence-corrected chi connectivity index (χ2v) is 3.59. The molecule has 1 aliphatic heterocycles. The van der Waals surface area contributed by atoms with Crippen molar-refractivity contribution in [2.24, 2.45) is 0 Å². The summed E-state index contributed by atoms with van der Waals surface area (Å²) < 4.78 is 10.7. The monoisotopic (exact) mass is 144 g/mol. The van der Waals surface area contributed by atoms with Gasteiger partial charge in [-0.3, -0.25) is 0 Å². The summed E-state index contributed by atoms with van der Waals surface area (Å²) in [5.74, 6) is 0. The van der Waals surface area contributed by atoms with Gasteiger partial charge in [-0.1, -0.05) is 0 Å². The van der Waals surface area contributed by atoms with Crippen LogP contribution >= 0.6 is 0 Å². The fourth-order valence-corrected chi connectivity index (χ4v) is 0.847. The van der Waals surface area contributed by atoms with E-state index in [0.717, 1.165) is 6.61 Å². The highest BCUT2D eigenvalue weighted by molar-refractivity contribution is 4.94. The molecule has 1 fully saturated rings. The van der Waals surface area contributed by atoms with Crippen LogP contribution in [0.25, 0.3) is 0 Å². The maximum atomic E-state index is 5.38. The fraction of sp³-hybridized carbons (Fsp3) is 1.00. The van der Waals surface area contributed by atoms with Crippen LogP contribution in [0.15, 0.2) is 0 Å². The van der Waals surface area contributed by atoms with E-state index in [2.05, 4.69) is 13.8 Å². The first-order valence-electron chi connectivity index (χ1n) is 3.82. The van der Waals surface area contributed by atoms with Crippen LogP contribution in [0.4, 0.5) is 0 Å². The molecule has 0 saturated carbocycles. The molecule has 60 valence electrons. The molecule has 0 amide bonds.